The van der Waals surface area contributed by atoms with E-state index in [2.05, 4.69) is 32.5 Å². The molecule has 1 saturated heterocycles. The van der Waals surface area contributed by atoms with Crippen molar-refractivity contribution in [3.8, 4) is 17.1 Å². The number of nitrogens with one attached hydrogen (secondary N) is 3. The summed E-state index contributed by atoms with van der Waals surface area (Å²) in [5.41, 5.74) is 2.29. The van der Waals surface area contributed by atoms with Crippen LogP contribution in [0, 0.1) is 5.41 Å². The van der Waals surface area contributed by atoms with Gasteiger partial charge in [-0.2, -0.15) is 0 Å². The number of hydrogen-bond donors (Lipinski definition) is 3. The smallest absolute Gasteiger partial charge is 0.255 e. The molecule has 0 spiro atoms. The summed E-state index contributed by atoms with van der Waals surface area (Å²) in [7, 11) is 3.65. The number of amidine groups is 1. The Labute approximate surface area is 222 Å². The number of carbonyl (C=O) groups excluding carboxylic acids is 1. The maximum Gasteiger partial charge on any atom is 0.255 e. The molecule has 9 nitrogen and oxygen atoms in total. The van der Waals surface area contributed by atoms with E-state index in [1.54, 1.807) is 13.3 Å². The Bertz CT molecular complexity index is 1210. The van der Waals surface area contributed by atoms with Gasteiger partial charge in [0, 0.05) is 44.0 Å². The summed E-state index contributed by atoms with van der Waals surface area (Å²) in [6.07, 6.45) is 2.69. The van der Waals surface area contributed by atoms with Crippen LogP contribution in [0.3, 0.4) is 0 Å². The molecule has 1 amide bonds. The summed E-state index contributed by atoms with van der Waals surface area (Å²) >= 11 is 0. The third-order valence-electron chi connectivity index (χ3n) is 6.62. The third kappa shape index (κ3) is 6.89. The number of alkyl halides is 1. The van der Waals surface area contributed by atoms with Gasteiger partial charge in [-0.1, -0.05) is 30.3 Å². The number of aromatic nitrogens is 1. The first-order chi connectivity index (χ1) is 18.5. The maximum atomic E-state index is 13.6. The molecule has 2 aromatic carbocycles. The van der Waals surface area contributed by atoms with E-state index in [-0.39, 0.29) is 11.7 Å². The van der Waals surface area contributed by atoms with Gasteiger partial charge in [-0.3, -0.25) is 10.2 Å². The van der Waals surface area contributed by atoms with Gasteiger partial charge in [0.2, 0.25) is 5.89 Å². The number of methoxy groups -OCH3 is 1. The van der Waals surface area contributed by atoms with E-state index < -0.39 is 12.7 Å². The van der Waals surface area contributed by atoms with Crippen LogP contribution < -0.4 is 20.3 Å². The average molecular weight is 523 g/mol. The molecule has 38 heavy (non-hydrogen) atoms. The van der Waals surface area contributed by atoms with Gasteiger partial charge in [0.15, 0.2) is 5.76 Å². The Balaban J connectivity index is 1.54. The van der Waals surface area contributed by atoms with Crippen LogP contribution in [0.2, 0.25) is 0 Å². The highest BCUT2D eigenvalue weighted by atomic mass is 19.1. The number of likely N-dealkylation sites (N-methyl/N-ethyl adjacent to an activating group) is 1. The van der Waals surface area contributed by atoms with Crippen LogP contribution in [0.4, 0.5) is 10.1 Å². The fourth-order valence-corrected chi connectivity index (χ4v) is 4.41. The van der Waals surface area contributed by atoms with Gasteiger partial charge in [-0.15, -0.1) is 0 Å². The number of anilines is 1. The second kappa shape index (κ2) is 13.0. The molecular formula is C28H35FN6O3. The fraction of sp³-hybridized carbons (Fsp3) is 0.393. The van der Waals surface area contributed by atoms with Gasteiger partial charge in [-0.05, 0) is 38.1 Å². The van der Waals surface area contributed by atoms with E-state index in [1.807, 2.05) is 48.5 Å². The molecule has 1 fully saturated rings. The molecule has 3 aromatic rings. The van der Waals surface area contributed by atoms with Gasteiger partial charge in [-0.25, -0.2) is 9.37 Å². The van der Waals surface area contributed by atoms with Crippen molar-refractivity contribution in [2.24, 2.45) is 0 Å². The lowest BCUT2D eigenvalue weighted by Crippen LogP contribution is -2.44. The standard InChI is InChI=1S/C28H35FN6O3/c1-34-13-15-35(16-14-34)21-10-11-24(37-2)22(17-21)27(36)33-23(9-6-12-31-26(30)18-29)28-32-19-25(38-28)20-7-4-3-5-8-20/h3-5,7-8,10-11,17,19,23H,6,9,12-16,18H2,1-2H3,(H2,30,31)(H,33,36). The van der Waals surface area contributed by atoms with Crippen molar-refractivity contribution < 1.29 is 18.3 Å². The molecule has 1 aliphatic rings. The molecule has 0 radical (unpaired) electrons. The molecule has 10 heteroatoms. The lowest BCUT2D eigenvalue weighted by atomic mass is 10.1. The molecule has 1 aromatic heterocycles. The Morgan fingerprint density at radius 1 is 1.18 bits per heavy atom. The first-order valence-electron chi connectivity index (χ1n) is 12.8. The summed E-state index contributed by atoms with van der Waals surface area (Å²) in [6.45, 7) is 3.22. The maximum absolute atomic E-state index is 13.6. The van der Waals surface area contributed by atoms with E-state index >= 15 is 0 Å². The number of ether oxygens (including phenoxy) is 1. The average Bonchev–Trinajstić information content (AvgIpc) is 3.45. The van der Waals surface area contributed by atoms with Crippen LogP contribution >= 0.6 is 0 Å². The number of amides is 1. The molecule has 202 valence electrons. The number of nitrogens with zero attached hydrogens (tertiary/aromatic N) is 3. The number of benzene rings is 2. The lowest BCUT2D eigenvalue weighted by Gasteiger charge is -2.34. The largest absolute Gasteiger partial charge is 0.496 e. The number of piperazine rings is 1. The number of oxazole rings is 1. The zero-order chi connectivity index (χ0) is 26.9. The molecule has 0 bridgehead atoms. The predicted molar refractivity (Wildman–Crippen MR) is 146 cm³/mol. The van der Waals surface area contributed by atoms with Gasteiger partial charge >= 0.3 is 0 Å². The first-order valence-corrected chi connectivity index (χ1v) is 12.8. The zero-order valence-electron chi connectivity index (χ0n) is 21.9. The molecule has 3 N–H and O–H groups in total. The van der Waals surface area contributed by atoms with E-state index in [9.17, 15) is 9.18 Å². The van der Waals surface area contributed by atoms with Gasteiger partial charge in [0.25, 0.3) is 5.91 Å². The summed E-state index contributed by atoms with van der Waals surface area (Å²) in [5.74, 6) is 0.999. The van der Waals surface area contributed by atoms with Crippen LogP contribution in [0.15, 0.2) is 59.1 Å². The van der Waals surface area contributed by atoms with Gasteiger partial charge in [0.05, 0.1) is 18.9 Å². The molecule has 2 heterocycles. The van der Waals surface area contributed by atoms with Crippen molar-refractivity contribution in [2.75, 3.05) is 58.5 Å². The first kappa shape index (κ1) is 27.1. The lowest BCUT2D eigenvalue weighted by molar-refractivity contribution is 0.0924. The monoisotopic (exact) mass is 522 g/mol. The number of halogens is 1. The number of hydrogen-bond acceptors (Lipinski definition) is 7. The van der Waals surface area contributed by atoms with Crippen molar-refractivity contribution in [2.45, 2.75) is 18.9 Å². The molecule has 1 aliphatic heterocycles. The number of carbonyl (C=O) groups is 1. The van der Waals surface area contributed by atoms with Gasteiger partial charge in [0.1, 0.15) is 24.3 Å². The molecular weight excluding hydrogens is 487 g/mol. The normalized spacial score (nSPS) is 14.7. The Kier molecular flexibility index (Phi) is 9.31. The second-order valence-electron chi connectivity index (χ2n) is 9.31. The van der Waals surface area contributed by atoms with Crippen molar-refractivity contribution in [3.05, 3.63) is 66.2 Å². The van der Waals surface area contributed by atoms with Gasteiger partial charge < -0.3 is 29.6 Å². The summed E-state index contributed by atoms with van der Waals surface area (Å²) in [4.78, 5) is 22.6. The molecule has 4 rings (SSSR count). The fourth-order valence-electron chi connectivity index (χ4n) is 4.41. The minimum Gasteiger partial charge on any atom is -0.496 e. The quantitative estimate of drug-likeness (QED) is 0.199. The van der Waals surface area contributed by atoms with Crippen molar-refractivity contribution in [1.82, 2.24) is 20.5 Å². The third-order valence-corrected chi connectivity index (χ3v) is 6.62. The second-order valence-corrected chi connectivity index (χ2v) is 9.31. The van der Waals surface area contributed by atoms with Crippen LogP contribution in [-0.2, 0) is 0 Å². The molecule has 0 saturated carbocycles. The molecule has 1 atom stereocenters. The molecule has 1 unspecified atom stereocenters. The summed E-state index contributed by atoms with van der Waals surface area (Å²) < 4.78 is 24.2. The molecule has 0 aliphatic carbocycles. The SMILES string of the molecule is COc1ccc(N2CCN(C)CC2)cc1C(=O)NC(CCCNC(=N)CF)c1ncc(-c2ccccc2)o1. The van der Waals surface area contributed by atoms with Crippen molar-refractivity contribution >= 4 is 17.4 Å². The highest BCUT2D eigenvalue weighted by Gasteiger charge is 2.24. The van der Waals surface area contributed by atoms with E-state index in [0.717, 1.165) is 37.4 Å². The van der Waals surface area contributed by atoms with Crippen LogP contribution in [0.1, 0.15) is 35.1 Å². The van der Waals surface area contributed by atoms with Crippen molar-refractivity contribution in [1.29, 1.82) is 5.41 Å². The topological polar surface area (TPSA) is 107 Å². The van der Waals surface area contributed by atoms with E-state index in [0.29, 0.717) is 42.4 Å². The summed E-state index contributed by atoms with van der Waals surface area (Å²) in [5, 5.41) is 13.3. The Hall–Kier alpha value is -3.92. The minimum atomic E-state index is -0.843. The highest BCUT2D eigenvalue weighted by Crippen LogP contribution is 2.29. The summed E-state index contributed by atoms with van der Waals surface area (Å²) in [6, 6.07) is 14.8. The predicted octanol–water partition coefficient (Wildman–Crippen LogP) is 3.89. The van der Waals surface area contributed by atoms with Crippen LogP contribution in [0.25, 0.3) is 11.3 Å². The number of rotatable bonds is 11. The Morgan fingerprint density at radius 3 is 2.66 bits per heavy atom. The Morgan fingerprint density at radius 2 is 1.95 bits per heavy atom. The van der Waals surface area contributed by atoms with E-state index in [4.69, 9.17) is 14.6 Å². The minimum absolute atomic E-state index is 0.168. The zero-order valence-corrected chi connectivity index (χ0v) is 21.9. The van der Waals surface area contributed by atoms with Crippen molar-refractivity contribution in [3.63, 3.8) is 0 Å². The highest BCUT2D eigenvalue weighted by molar-refractivity contribution is 5.98. The van der Waals surface area contributed by atoms with E-state index in [1.165, 1.54) is 0 Å². The van der Waals surface area contributed by atoms with Crippen LogP contribution in [0.5, 0.6) is 5.75 Å². The van der Waals surface area contributed by atoms with Crippen LogP contribution in [-0.4, -0.2) is 75.2 Å².